The van der Waals surface area contributed by atoms with Gasteiger partial charge in [0.25, 0.3) is 11.8 Å². The van der Waals surface area contributed by atoms with E-state index in [1.54, 1.807) is 24.3 Å². The first-order chi connectivity index (χ1) is 12.8. The number of aromatic nitrogens is 2. The summed E-state index contributed by atoms with van der Waals surface area (Å²) in [6.07, 6.45) is 0.368. The number of anilines is 1. The van der Waals surface area contributed by atoms with Crippen molar-refractivity contribution in [3.8, 4) is 0 Å². The van der Waals surface area contributed by atoms with Crippen LogP contribution in [0.4, 0.5) is 5.13 Å². The molecule has 7 nitrogen and oxygen atoms in total. The molecule has 1 aliphatic heterocycles. The molecule has 1 atom stereocenters. The fourth-order valence-corrected chi connectivity index (χ4v) is 3.72. The van der Waals surface area contributed by atoms with E-state index in [9.17, 15) is 14.4 Å². The minimum atomic E-state index is -0.899. The molecule has 1 aliphatic rings. The monoisotopic (exact) mass is 386 g/mol. The van der Waals surface area contributed by atoms with Gasteiger partial charge in [0, 0.05) is 5.92 Å². The Labute approximate surface area is 161 Å². The van der Waals surface area contributed by atoms with E-state index in [1.165, 1.54) is 11.3 Å². The van der Waals surface area contributed by atoms with Crippen LogP contribution in [-0.2, 0) is 4.79 Å². The number of carbonyl (C=O) groups excluding carboxylic acids is 3. The summed E-state index contributed by atoms with van der Waals surface area (Å²) in [5.41, 5.74) is 0.670. The first-order valence-corrected chi connectivity index (χ1v) is 9.72. The molecule has 0 radical (unpaired) electrons. The number of fused-ring (bicyclic) bond motifs is 1. The number of imide groups is 1. The molecule has 0 fully saturated rings. The highest BCUT2D eigenvalue weighted by Crippen LogP contribution is 2.28. The highest BCUT2D eigenvalue weighted by atomic mass is 32.1. The summed E-state index contributed by atoms with van der Waals surface area (Å²) in [4.78, 5) is 39.6. The molecule has 2 aromatic rings. The molecule has 0 saturated carbocycles. The fourth-order valence-electron chi connectivity index (χ4n) is 2.97. The molecule has 8 heteroatoms. The average Bonchev–Trinajstić information content (AvgIpc) is 3.17. The van der Waals surface area contributed by atoms with Crippen molar-refractivity contribution in [1.29, 1.82) is 0 Å². The van der Waals surface area contributed by atoms with Gasteiger partial charge < -0.3 is 0 Å². The second-order valence-electron chi connectivity index (χ2n) is 7.26. The molecule has 3 amide bonds. The van der Waals surface area contributed by atoms with Gasteiger partial charge in [-0.1, -0.05) is 51.2 Å². The summed E-state index contributed by atoms with van der Waals surface area (Å²) in [5.74, 6) is -0.973. The van der Waals surface area contributed by atoms with Gasteiger partial charge in [0.15, 0.2) is 0 Å². The van der Waals surface area contributed by atoms with Crippen molar-refractivity contribution >= 4 is 34.2 Å². The van der Waals surface area contributed by atoms with Crippen LogP contribution < -0.4 is 5.32 Å². The Morgan fingerprint density at radius 1 is 1.07 bits per heavy atom. The normalized spacial score (nSPS) is 14.8. The van der Waals surface area contributed by atoms with Gasteiger partial charge in [-0.15, -0.1) is 10.2 Å². The van der Waals surface area contributed by atoms with E-state index in [0.717, 1.165) is 9.91 Å². The Balaban J connectivity index is 1.86. The predicted octanol–water partition coefficient (Wildman–Crippen LogP) is 3.31. The number of carbonyl (C=O) groups is 3. The number of hydrogen-bond donors (Lipinski definition) is 1. The molecule has 27 heavy (non-hydrogen) atoms. The van der Waals surface area contributed by atoms with Crippen molar-refractivity contribution in [3.05, 3.63) is 40.4 Å². The highest BCUT2D eigenvalue weighted by Gasteiger charge is 2.42. The van der Waals surface area contributed by atoms with Crippen LogP contribution in [-0.4, -0.2) is 38.9 Å². The van der Waals surface area contributed by atoms with Crippen LogP contribution in [0.2, 0.25) is 0 Å². The largest absolute Gasteiger partial charge is 0.299 e. The van der Waals surface area contributed by atoms with Crippen LogP contribution in [0.25, 0.3) is 0 Å². The van der Waals surface area contributed by atoms with E-state index in [-0.39, 0.29) is 11.8 Å². The molecule has 0 spiro atoms. The highest BCUT2D eigenvalue weighted by molar-refractivity contribution is 7.15. The summed E-state index contributed by atoms with van der Waals surface area (Å²) in [6.45, 7) is 7.87. The molecule has 0 unspecified atom stereocenters. The van der Waals surface area contributed by atoms with Gasteiger partial charge >= 0.3 is 0 Å². The number of benzene rings is 1. The molecule has 0 saturated heterocycles. The summed E-state index contributed by atoms with van der Waals surface area (Å²) >= 11 is 1.29. The number of nitrogens with zero attached hydrogens (tertiary/aromatic N) is 3. The third-order valence-corrected chi connectivity index (χ3v) is 5.44. The van der Waals surface area contributed by atoms with Gasteiger partial charge in [0.05, 0.1) is 11.1 Å². The first-order valence-electron chi connectivity index (χ1n) is 8.90. The number of amides is 3. The van der Waals surface area contributed by atoms with Crippen molar-refractivity contribution in [3.63, 3.8) is 0 Å². The van der Waals surface area contributed by atoms with Gasteiger partial charge in [-0.3, -0.25) is 24.6 Å². The molecule has 1 N–H and O–H groups in total. The third-order valence-electron chi connectivity index (χ3n) is 4.30. The lowest BCUT2D eigenvalue weighted by Gasteiger charge is -2.26. The average molecular weight is 386 g/mol. The lowest BCUT2D eigenvalue weighted by molar-refractivity contribution is -0.120. The zero-order chi connectivity index (χ0) is 19.7. The van der Waals surface area contributed by atoms with Gasteiger partial charge in [0.1, 0.15) is 11.0 Å². The minimum absolute atomic E-state index is 0.116. The van der Waals surface area contributed by atoms with Gasteiger partial charge in [-0.05, 0) is 24.5 Å². The molecule has 3 rings (SSSR count). The smallest absolute Gasteiger partial charge is 0.262 e. The maximum absolute atomic E-state index is 12.9. The molecular weight excluding hydrogens is 364 g/mol. The van der Waals surface area contributed by atoms with Crippen molar-refractivity contribution in [2.24, 2.45) is 5.92 Å². The van der Waals surface area contributed by atoms with Crippen LogP contribution in [0.5, 0.6) is 0 Å². The maximum Gasteiger partial charge on any atom is 0.262 e. The van der Waals surface area contributed by atoms with Crippen molar-refractivity contribution in [2.45, 2.75) is 46.1 Å². The van der Waals surface area contributed by atoms with E-state index in [1.807, 2.05) is 27.7 Å². The van der Waals surface area contributed by atoms with Crippen LogP contribution >= 0.6 is 11.3 Å². The predicted molar refractivity (Wildman–Crippen MR) is 103 cm³/mol. The quantitative estimate of drug-likeness (QED) is 0.769. The van der Waals surface area contributed by atoms with Crippen LogP contribution in [0.3, 0.4) is 0 Å². The van der Waals surface area contributed by atoms with Crippen molar-refractivity contribution in [1.82, 2.24) is 15.1 Å². The number of nitrogens with one attached hydrogen (secondary N) is 1. The zero-order valence-corrected chi connectivity index (χ0v) is 16.5. The molecule has 1 aromatic heterocycles. The Morgan fingerprint density at radius 3 is 2.15 bits per heavy atom. The van der Waals surface area contributed by atoms with Crippen molar-refractivity contribution in [2.75, 3.05) is 5.32 Å². The molecule has 1 aromatic carbocycles. The summed E-state index contributed by atoms with van der Waals surface area (Å²) < 4.78 is 0. The lowest BCUT2D eigenvalue weighted by Crippen LogP contribution is -2.47. The zero-order valence-electron chi connectivity index (χ0n) is 15.7. The lowest BCUT2D eigenvalue weighted by atomic mass is 10.0. The maximum atomic E-state index is 12.9. The molecule has 0 bridgehead atoms. The topological polar surface area (TPSA) is 92.3 Å². The van der Waals surface area contributed by atoms with Crippen LogP contribution in [0, 0.1) is 5.92 Å². The Hall–Kier alpha value is -2.61. The standard InChI is InChI=1S/C19H22N4O3S/c1-10(2)9-14(15(24)20-19-22-21-16(27-19)11(3)4)23-17(25)12-7-5-6-8-13(12)18(23)26/h5-8,10-11,14H,9H2,1-4H3,(H,20,22,24)/t14-/m0/s1. The SMILES string of the molecule is CC(C)C[C@@H](C(=O)Nc1nnc(C(C)C)s1)N1C(=O)c2ccccc2C1=O. The first kappa shape index (κ1) is 19.2. The molecule has 0 aliphatic carbocycles. The fraction of sp³-hybridized carbons (Fsp3) is 0.421. The van der Waals surface area contributed by atoms with E-state index in [2.05, 4.69) is 15.5 Å². The molecule has 142 valence electrons. The third kappa shape index (κ3) is 3.75. The Bertz CT molecular complexity index is 856. The van der Waals surface area contributed by atoms with Gasteiger partial charge in [0.2, 0.25) is 11.0 Å². The summed E-state index contributed by atoms with van der Waals surface area (Å²) in [7, 11) is 0. The molecule has 2 heterocycles. The Kier molecular flexibility index (Phi) is 5.36. The van der Waals surface area contributed by atoms with E-state index in [4.69, 9.17) is 0 Å². The second-order valence-corrected chi connectivity index (χ2v) is 8.27. The van der Waals surface area contributed by atoms with Crippen molar-refractivity contribution < 1.29 is 14.4 Å². The van der Waals surface area contributed by atoms with E-state index in [0.29, 0.717) is 22.7 Å². The van der Waals surface area contributed by atoms with Crippen LogP contribution in [0.15, 0.2) is 24.3 Å². The number of hydrogen-bond acceptors (Lipinski definition) is 6. The number of rotatable bonds is 6. The minimum Gasteiger partial charge on any atom is -0.299 e. The van der Waals surface area contributed by atoms with Gasteiger partial charge in [-0.25, -0.2) is 0 Å². The van der Waals surface area contributed by atoms with Crippen LogP contribution in [0.1, 0.15) is 65.8 Å². The summed E-state index contributed by atoms with van der Waals surface area (Å²) in [5, 5.41) is 12.0. The molecular formula is C19H22N4O3S. The second kappa shape index (κ2) is 7.56. The van der Waals surface area contributed by atoms with E-state index >= 15 is 0 Å². The Morgan fingerprint density at radius 2 is 1.67 bits per heavy atom. The van der Waals surface area contributed by atoms with Gasteiger partial charge in [-0.2, -0.15) is 0 Å². The van der Waals surface area contributed by atoms with E-state index < -0.39 is 23.8 Å². The summed E-state index contributed by atoms with van der Waals surface area (Å²) in [6, 6.07) is 5.74.